The van der Waals surface area contributed by atoms with Gasteiger partial charge in [-0.3, -0.25) is 4.79 Å². The van der Waals surface area contributed by atoms with Crippen LogP contribution >= 0.6 is 0 Å². The van der Waals surface area contributed by atoms with Crippen molar-refractivity contribution < 1.29 is 27.4 Å². The summed E-state index contributed by atoms with van der Waals surface area (Å²) in [5, 5.41) is -0.596. The van der Waals surface area contributed by atoms with E-state index in [0.717, 1.165) is 47.5 Å². The van der Waals surface area contributed by atoms with E-state index in [1.54, 1.807) is 18.5 Å². The third-order valence-electron chi connectivity index (χ3n) is 8.91. The lowest BCUT2D eigenvalue weighted by Crippen LogP contribution is -2.44. The maximum Gasteiger partial charge on any atom is 0.303 e. The zero-order chi connectivity index (χ0) is 29.0. The van der Waals surface area contributed by atoms with E-state index in [4.69, 9.17) is 14.2 Å². The van der Waals surface area contributed by atoms with E-state index < -0.39 is 15.3 Å². The van der Waals surface area contributed by atoms with Gasteiger partial charge >= 0.3 is 5.97 Å². The summed E-state index contributed by atoms with van der Waals surface area (Å²) in [5.74, 6) is 2.11. The first-order chi connectivity index (χ1) is 19.0. The fourth-order valence-electron chi connectivity index (χ4n) is 5.78. The lowest BCUT2D eigenvalue weighted by molar-refractivity contribution is -0.150. The number of nitrogens with zero attached hydrogens (tertiary/aromatic N) is 1. The predicted molar refractivity (Wildman–Crippen MR) is 156 cm³/mol. The van der Waals surface area contributed by atoms with Gasteiger partial charge in [0, 0.05) is 25.9 Å². The van der Waals surface area contributed by atoms with E-state index >= 15 is 0 Å². The van der Waals surface area contributed by atoms with E-state index in [2.05, 4.69) is 13.0 Å². The first-order valence-corrected chi connectivity index (χ1v) is 15.7. The van der Waals surface area contributed by atoms with Gasteiger partial charge in [-0.1, -0.05) is 44.2 Å². The van der Waals surface area contributed by atoms with Crippen LogP contribution in [0.25, 0.3) is 0 Å². The van der Waals surface area contributed by atoms with Gasteiger partial charge in [0.1, 0.15) is 17.6 Å². The molecule has 7 nitrogen and oxygen atoms in total. The van der Waals surface area contributed by atoms with Crippen LogP contribution < -0.4 is 9.47 Å². The molecule has 2 aromatic rings. The first-order valence-electron chi connectivity index (χ1n) is 14.2. The Morgan fingerprint density at radius 3 is 1.80 bits per heavy atom. The molecule has 0 radical (unpaired) electrons. The molecule has 1 saturated carbocycles. The molecule has 0 N–H and O–H groups in total. The summed E-state index contributed by atoms with van der Waals surface area (Å²) in [6.45, 7) is 8.03. The van der Waals surface area contributed by atoms with Gasteiger partial charge in [0.2, 0.25) is 10.0 Å². The van der Waals surface area contributed by atoms with Gasteiger partial charge in [0.05, 0.1) is 19.5 Å². The number of hydrogen-bond donors (Lipinski definition) is 0. The Kier molecular flexibility index (Phi) is 9.62. The third-order valence-corrected chi connectivity index (χ3v) is 11.3. The van der Waals surface area contributed by atoms with Crippen molar-refractivity contribution in [2.24, 2.45) is 23.7 Å². The van der Waals surface area contributed by atoms with Crippen molar-refractivity contribution in [3.05, 3.63) is 71.3 Å². The van der Waals surface area contributed by atoms with Crippen LogP contribution in [0.5, 0.6) is 11.5 Å². The molecule has 1 fully saturated rings. The van der Waals surface area contributed by atoms with Crippen LogP contribution in [0, 0.1) is 23.7 Å². The van der Waals surface area contributed by atoms with E-state index in [1.807, 2.05) is 62.4 Å². The average Bonchev–Trinajstić information content (AvgIpc) is 2.90. The fourth-order valence-corrected chi connectivity index (χ4v) is 7.65. The number of sulfonamides is 1. The molecule has 6 atom stereocenters. The third kappa shape index (κ3) is 6.72. The molecule has 2 aromatic carbocycles. The quantitative estimate of drug-likeness (QED) is 0.218. The molecular formula is C32H43NO6S. The van der Waals surface area contributed by atoms with Crippen molar-refractivity contribution in [3.8, 4) is 11.5 Å². The van der Waals surface area contributed by atoms with Crippen molar-refractivity contribution in [2.75, 3.05) is 14.2 Å². The minimum atomic E-state index is -3.67. The van der Waals surface area contributed by atoms with Crippen molar-refractivity contribution in [1.29, 1.82) is 0 Å². The molecule has 0 aliphatic heterocycles. The second-order valence-electron chi connectivity index (χ2n) is 11.4. The van der Waals surface area contributed by atoms with Crippen molar-refractivity contribution in [2.45, 2.75) is 71.4 Å². The number of rotatable bonds is 13. The summed E-state index contributed by atoms with van der Waals surface area (Å²) in [7, 11) is -0.446. The van der Waals surface area contributed by atoms with E-state index in [-0.39, 0.29) is 37.0 Å². The molecule has 2 aliphatic rings. The van der Waals surface area contributed by atoms with E-state index in [1.165, 1.54) is 6.92 Å². The molecule has 0 bridgehead atoms. The molecule has 0 spiro atoms. The number of carbonyl (C=O) groups excluding carboxylic acids is 1. The van der Waals surface area contributed by atoms with Gasteiger partial charge in [-0.25, -0.2) is 8.42 Å². The van der Waals surface area contributed by atoms with Crippen LogP contribution in [0.3, 0.4) is 0 Å². The maximum absolute atomic E-state index is 14.1. The second-order valence-corrected chi connectivity index (χ2v) is 13.7. The van der Waals surface area contributed by atoms with Gasteiger partial charge in [-0.15, -0.1) is 0 Å². The van der Waals surface area contributed by atoms with E-state index in [0.29, 0.717) is 11.8 Å². The molecule has 0 unspecified atom stereocenters. The van der Waals surface area contributed by atoms with Crippen LogP contribution in [0.15, 0.2) is 60.2 Å². The highest BCUT2D eigenvalue weighted by Crippen LogP contribution is 2.46. The minimum Gasteiger partial charge on any atom is -0.497 e. The van der Waals surface area contributed by atoms with E-state index in [9.17, 15) is 13.2 Å². The van der Waals surface area contributed by atoms with Gasteiger partial charge < -0.3 is 14.2 Å². The second kappa shape index (κ2) is 12.8. The summed E-state index contributed by atoms with van der Waals surface area (Å²) in [5.41, 5.74) is 2.92. The smallest absolute Gasteiger partial charge is 0.303 e. The summed E-state index contributed by atoms with van der Waals surface area (Å²) in [6.07, 6.45) is 4.96. The maximum atomic E-state index is 14.1. The number of allylic oxidation sites excluding steroid dienone is 1. The minimum absolute atomic E-state index is 0.0974. The number of methoxy groups -OCH3 is 2. The van der Waals surface area contributed by atoms with Crippen molar-refractivity contribution in [1.82, 2.24) is 4.31 Å². The Balaban J connectivity index is 1.53. The lowest BCUT2D eigenvalue weighted by atomic mass is 9.65. The molecule has 2 aliphatic carbocycles. The highest BCUT2D eigenvalue weighted by molar-refractivity contribution is 7.89. The van der Waals surface area contributed by atoms with Crippen molar-refractivity contribution >= 4 is 16.0 Å². The highest BCUT2D eigenvalue weighted by atomic mass is 32.2. The first kappa shape index (κ1) is 30.1. The Morgan fingerprint density at radius 1 is 0.925 bits per heavy atom. The largest absolute Gasteiger partial charge is 0.497 e. The number of esters is 1. The SMILES string of the molecule is COc1ccc(CN(Cc2ccc(OC)cc2)S(=O)(=O)[C@H](C)[C@@H](C)[C@H]2C=C([C@H](OC(C)=O)[C@@H]3CC[C@H]3C)C2)cc1. The zero-order valence-corrected chi connectivity index (χ0v) is 25.3. The average molecular weight is 570 g/mol. The number of ether oxygens (including phenoxy) is 3. The monoisotopic (exact) mass is 569 g/mol. The van der Waals surface area contributed by atoms with Crippen LogP contribution in [-0.2, 0) is 32.6 Å². The van der Waals surface area contributed by atoms with Crippen molar-refractivity contribution in [3.63, 3.8) is 0 Å². The molecule has 0 amide bonds. The number of benzene rings is 2. The standard InChI is InChI=1S/C32H43NO6S/c1-21-7-16-31(21)32(39-24(4)34)28-17-27(18-28)22(2)23(3)40(35,36)33(19-25-8-12-29(37-5)13-9-25)20-26-10-14-30(38-6)15-11-26/h8-15,17,21-23,27,31-32H,7,16,18-20H2,1-6H3/t21-,22-,23-,27+,31-,32+/m1/s1. The molecule has 0 heterocycles. The summed E-state index contributed by atoms with van der Waals surface area (Å²) in [6, 6.07) is 15.0. The Hall–Kier alpha value is -2.84. The lowest BCUT2D eigenvalue weighted by Gasteiger charge is -2.44. The highest BCUT2D eigenvalue weighted by Gasteiger charge is 2.44. The van der Waals surface area contributed by atoms with Gasteiger partial charge in [0.15, 0.2) is 0 Å². The Bertz CT molecular complexity index is 1240. The molecule has 0 saturated heterocycles. The molecular weight excluding hydrogens is 526 g/mol. The molecule has 4 rings (SSSR count). The Labute approximate surface area is 239 Å². The summed E-state index contributed by atoms with van der Waals surface area (Å²) >= 11 is 0. The molecule has 8 heteroatoms. The topological polar surface area (TPSA) is 82.1 Å². The summed E-state index contributed by atoms with van der Waals surface area (Å²) < 4.78 is 46.1. The number of hydrogen-bond acceptors (Lipinski definition) is 6. The van der Waals surface area contributed by atoms with Gasteiger partial charge in [-0.2, -0.15) is 4.31 Å². The van der Waals surface area contributed by atoms with Crippen LogP contribution in [0.1, 0.15) is 58.1 Å². The van der Waals surface area contributed by atoms with Gasteiger partial charge in [-0.05, 0) is 84.9 Å². The van der Waals surface area contributed by atoms with Crippen LogP contribution in [0.2, 0.25) is 0 Å². The summed E-state index contributed by atoms with van der Waals surface area (Å²) in [4.78, 5) is 11.8. The van der Waals surface area contributed by atoms with Crippen LogP contribution in [0.4, 0.5) is 0 Å². The Morgan fingerprint density at radius 2 is 1.43 bits per heavy atom. The molecule has 218 valence electrons. The fraction of sp³-hybridized carbons (Fsp3) is 0.531. The molecule has 0 aromatic heterocycles. The molecule has 40 heavy (non-hydrogen) atoms. The predicted octanol–water partition coefficient (Wildman–Crippen LogP) is 5.98. The normalized spacial score (nSPS) is 22.8. The zero-order valence-electron chi connectivity index (χ0n) is 24.5. The van der Waals surface area contributed by atoms with Crippen LogP contribution in [-0.4, -0.2) is 44.3 Å². The van der Waals surface area contributed by atoms with Gasteiger partial charge in [0.25, 0.3) is 0 Å². The number of carbonyl (C=O) groups is 1.